The van der Waals surface area contributed by atoms with Crippen LogP contribution in [0, 0.1) is 10.1 Å². The second-order valence-corrected chi connectivity index (χ2v) is 6.18. The minimum absolute atomic E-state index is 0.0244. The van der Waals surface area contributed by atoms with E-state index in [1.807, 2.05) is 18.2 Å². The Bertz CT molecular complexity index is 878. The third kappa shape index (κ3) is 3.72. The number of ether oxygens (including phenoxy) is 1. The first-order valence-electron chi connectivity index (χ1n) is 8.31. The SMILES string of the molecule is C[C@H](Oc1ccc([N+](=O)[O-])cc1C=O)C(=O)Nc1ccc2c(c1)CCC2. The summed E-state index contributed by atoms with van der Waals surface area (Å²) in [4.78, 5) is 33.7. The van der Waals surface area contributed by atoms with Gasteiger partial charge in [0.25, 0.3) is 11.6 Å². The summed E-state index contributed by atoms with van der Waals surface area (Å²) >= 11 is 0. The van der Waals surface area contributed by atoms with Crippen molar-refractivity contribution >= 4 is 23.6 Å². The summed E-state index contributed by atoms with van der Waals surface area (Å²) in [6, 6.07) is 9.51. The lowest BCUT2D eigenvalue weighted by molar-refractivity contribution is -0.384. The molecule has 0 aromatic heterocycles. The normalized spacial score (nSPS) is 13.6. The van der Waals surface area contributed by atoms with Gasteiger partial charge in [-0.05, 0) is 55.5 Å². The Morgan fingerprint density at radius 1 is 1.23 bits per heavy atom. The van der Waals surface area contributed by atoms with Crippen molar-refractivity contribution in [2.24, 2.45) is 0 Å². The van der Waals surface area contributed by atoms with E-state index < -0.39 is 11.0 Å². The van der Waals surface area contributed by atoms with E-state index in [2.05, 4.69) is 5.32 Å². The molecule has 0 spiro atoms. The van der Waals surface area contributed by atoms with Gasteiger partial charge < -0.3 is 10.1 Å². The molecule has 0 saturated heterocycles. The highest BCUT2D eigenvalue weighted by Crippen LogP contribution is 2.26. The van der Waals surface area contributed by atoms with Crippen LogP contribution < -0.4 is 10.1 Å². The van der Waals surface area contributed by atoms with Crippen LogP contribution in [0.4, 0.5) is 11.4 Å². The molecular weight excluding hydrogens is 336 g/mol. The van der Waals surface area contributed by atoms with Crippen LogP contribution in [-0.4, -0.2) is 23.2 Å². The number of hydrogen-bond donors (Lipinski definition) is 1. The number of benzene rings is 2. The minimum atomic E-state index is -0.872. The second kappa shape index (κ2) is 7.35. The van der Waals surface area contributed by atoms with Gasteiger partial charge in [-0.3, -0.25) is 19.7 Å². The fourth-order valence-corrected chi connectivity index (χ4v) is 2.99. The molecule has 7 nitrogen and oxygen atoms in total. The first-order chi connectivity index (χ1) is 12.5. The van der Waals surface area contributed by atoms with Crippen molar-refractivity contribution in [2.45, 2.75) is 32.3 Å². The third-order valence-electron chi connectivity index (χ3n) is 4.37. The molecule has 134 valence electrons. The Labute approximate surface area is 150 Å². The van der Waals surface area contributed by atoms with Gasteiger partial charge in [0.2, 0.25) is 0 Å². The lowest BCUT2D eigenvalue weighted by Crippen LogP contribution is -2.30. The number of carbonyl (C=O) groups excluding carboxylic acids is 2. The molecule has 0 fully saturated rings. The molecule has 0 saturated carbocycles. The number of non-ortho nitro benzene ring substituents is 1. The molecule has 0 aliphatic heterocycles. The van der Waals surface area contributed by atoms with E-state index in [1.54, 1.807) is 6.92 Å². The van der Waals surface area contributed by atoms with E-state index in [0.29, 0.717) is 12.0 Å². The minimum Gasteiger partial charge on any atom is -0.480 e. The van der Waals surface area contributed by atoms with Gasteiger partial charge in [0.05, 0.1) is 10.5 Å². The number of aldehydes is 1. The smallest absolute Gasteiger partial charge is 0.270 e. The maximum absolute atomic E-state index is 12.4. The number of hydrogen-bond acceptors (Lipinski definition) is 5. The van der Waals surface area contributed by atoms with Gasteiger partial charge in [-0.2, -0.15) is 0 Å². The zero-order valence-corrected chi connectivity index (χ0v) is 14.2. The van der Waals surface area contributed by atoms with E-state index in [0.717, 1.165) is 25.3 Å². The van der Waals surface area contributed by atoms with Crippen molar-refractivity contribution in [1.82, 2.24) is 0 Å². The van der Waals surface area contributed by atoms with Crippen LogP contribution in [-0.2, 0) is 17.6 Å². The number of anilines is 1. The standard InChI is InChI=1S/C19H18N2O5/c1-12(26-18-8-7-17(21(24)25)10-15(18)11-22)19(23)20-16-6-5-13-3-2-4-14(13)9-16/h5-12H,2-4H2,1H3,(H,20,23)/t12-/m0/s1. The Morgan fingerprint density at radius 3 is 2.73 bits per heavy atom. The molecule has 1 aliphatic carbocycles. The van der Waals surface area contributed by atoms with Crippen LogP contribution in [0.25, 0.3) is 0 Å². The summed E-state index contributed by atoms with van der Waals surface area (Å²) in [5.74, 6) is -0.236. The van der Waals surface area contributed by atoms with E-state index in [4.69, 9.17) is 4.74 Å². The average Bonchev–Trinajstić information content (AvgIpc) is 3.09. The first-order valence-corrected chi connectivity index (χ1v) is 8.31. The Morgan fingerprint density at radius 2 is 2.00 bits per heavy atom. The summed E-state index contributed by atoms with van der Waals surface area (Å²) in [5, 5.41) is 13.6. The molecule has 1 atom stereocenters. The molecular formula is C19H18N2O5. The van der Waals surface area contributed by atoms with E-state index in [9.17, 15) is 19.7 Å². The lowest BCUT2D eigenvalue weighted by atomic mass is 10.1. The predicted octanol–water partition coefficient (Wildman–Crippen LogP) is 3.30. The van der Waals surface area contributed by atoms with Crippen LogP contribution in [0.3, 0.4) is 0 Å². The molecule has 1 N–H and O–H groups in total. The Kier molecular flexibility index (Phi) is 4.97. The number of fused-ring (bicyclic) bond motifs is 1. The molecule has 1 aliphatic rings. The molecule has 0 unspecified atom stereocenters. The maximum Gasteiger partial charge on any atom is 0.270 e. The fourth-order valence-electron chi connectivity index (χ4n) is 2.99. The zero-order valence-electron chi connectivity index (χ0n) is 14.2. The van der Waals surface area contributed by atoms with E-state index in [1.165, 1.54) is 23.3 Å². The molecule has 0 radical (unpaired) electrons. The van der Waals surface area contributed by atoms with E-state index in [-0.39, 0.29) is 22.9 Å². The third-order valence-corrected chi connectivity index (χ3v) is 4.37. The Hall–Kier alpha value is -3.22. The fraction of sp³-hybridized carbons (Fsp3) is 0.263. The summed E-state index contributed by atoms with van der Waals surface area (Å²) in [6.45, 7) is 1.55. The monoisotopic (exact) mass is 354 g/mol. The summed E-state index contributed by atoms with van der Waals surface area (Å²) in [6.07, 6.45) is 2.80. The summed E-state index contributed by atoms with van der Waals surface area (Å²) < 4.78 is 5.53. The predicted molar refractivity (Wildman–Crippen MR) is 95.7 cm³/mol. The van der Waals surface area contributed by atoms with Crippen molar-refractivity contribution in [3.05, 3.63) is 63.2 Å². The van der Waals surface area contributed by atoms with Gasteiger partial charge >= 0.3 is 0 Å². The highest BCUT2D eigenvalue weighted by molar-refractivity contribution is 5.94. The number of nitro groups is 1. The molecule has 7 heteroatoms. The number of aryl methyl sites for hydroxylation is 2. The van der Waals surface area contributed by atoms with Crippen LogP contribution in [0.2, 0.25) is 0 Å². The van der Waals surface area contributed by atoms with Crippen molar-refractivity contribution in [1.29, 1.82) is 0 Å². The van der Waals surface area contributed by atoms with Crippen molar-refractivity contribution < 1.29 is 19.2 Å². The van der Waals surface area contributed by atoms with Crippen LogP contribution in [0.5, 0.6) is 5.75 Å². The van der Waals surface area contributed by atoms with Crippen molar-refractivity contribution in [3.8, 4) is 5.75 Å². The number of carbonyl (C=O) groups is 2. The first kappa shape index (κ1) is 17.6. The lowest BCUT2D eigenvalue weighted by Gasteiger charge is -2.16. The van der Waals surface area contributed by atoms with Crippen LogP contribution in [0.15, 0.2) is 36.4 Å². The number of nitrogens with zero attached hydrogens (tertiary/aromatic N) is 1. The van der Waals surface area contributed by atoms with Crippen molar-refractivity contribution in [2.75, 3.05) is 5.32 Å². The van der Waals surface area contributed by atoms with Gasteiger partial charge in [-0.25, -0.2) is 0 Å². The number of nitro benzene ring substituents is 1. The van der Waals surface area contributed by atoms with E-state index >= 15 is 0 Å². The van der Waals surface area contributed by atoms with Gasteiger partial charge in [0.15, 0.2) is 12.4 Å². The summed E-state index contributed by atoms with van der Waals surface area (Å²) in [7, 11) is 0. The zero-order chi connectivity index (χ0) is 18.7. The molecule has 2 aromatic rings. The van der Waals surface area contributed by atoms with Gasteiger partial charge in [-0.15, -0.1) is 0 Å². The topological polar surface area (TPSA) is 98.5 Å². The molecule has 2 aromatic carbocycles. The molecule has 1 amide bonds. The van der Waals surface area contributed by atoms with Gasteiger partial charge in [0, 0.05) is 17.8 Å². The largest absolute Gasteiger partial charge is 0.480 e. The average molecular weight is 354 g/mol. The Balaban J connectivity index is 1.69. The highest BCUT2D eigenvalue weighted by Gasteiger charge is 2.19. The molecule has 0 heterocycles. The number of rotatable bonds is 6. The van der Waals surface area contributed by atoms with Crippen LogP contribution in [0.1, 0.15) is 34.8 Å². The van der Waals surface area contributed by atoms with Crippen LogP contribution >= 0.6 is 0 Å². The van der Waals surface area contributed by atoms with Gasteiger partial charge in [0.1, 0.15) is 5.75 Å². The highest BCUT2D eigenvalue weighted by atomic mass is 16.6. The summed E-state index contributed by atoms with van der Waals surface area (Å²) in [5.41, 5.74) is 3.07. The second-order valence-electron chi connectivity index (χ2n) is 6.18. The maximum atomic E-state index is 12.4. The quantitative estimate of drug-likeness (QED) is 0.487. The number of nitrogens with one attached hydrogen (secondary N) is 1. The molecule has 0 bridgehead atoms. The van der Waals surface area contributed by atoms with Crippen molar-refractivity contribution in [3.63, 3.8) is 0 Å². The van der Waals surface area contributed by atoms with Gasteiger partial charge in [-0.1, -0.05) is 6.07 Å². The number of amides is 1. The molecule has 3 rings (SSSR count). The molecule has 26 heavy (non-hydrogen) atoms.